The number of rotatable bonds is 3. The summed E-state index contributed by atoms with van der Waals surface area (Å²) in [6.45, 7) is 2.02. The van der Waals surface area contributed by atoms with E-state index < -0.39 is 11.9 Å². The maximum atomic E-state index is 9.10. The highest BCUT2D eigenvalue weighted by molar-refractivity contribution is 7.99. The quantitative estimate of drug-likeness (QED) is 0.611. The van der Waals surface area contributed by atoms with Gasteiger partial charge in [0.05, 0.1) is 23.6 Å². The van der Waals surface area contributed by atoms with Crippen LogP contribution in [0.15, 0.2) is 11.1 Å². The summed E-state index contributed by atoms with van der Waals surface area (Å²) in [4.78, 5) is 20.5. The molecule has 0 aromatic carbocycles. The Morgan fingerprint density at radius 2 is 2.14 bits per heavy atom. The zero-order valence-corrected chi connectivity index (χ0v) is 13.4. The molecule has 0 aliphatic carbocycles. The molecule has 1 aliphatic rings. The molecule has 0 unspecified atom stereocenters. The summed E-state index contributed by atoms with van der Waals surface area (Å²) < 4.78 is 8.57. The minimum atomic E-state index is -1.82. The van der Waals surface area contributed by atoms with Crippen molar-refractivity contribution in [1.29, 1.82) is 5.26 Å². The maximum Gasteiger partial charge on any atom is 0.414 e. The van der Waals surface area contributed by atoms with E-state index in [2.05, 4.69) is 32.8 Å². The fourth-order valence-corrected chi connectivity index (χ4v) is 3.01. The van der Waals surface area contributed by atoms with Gasteiger partial charge in [-0.05, 0) is 19.0 Å². The van der Waals surface area contributed by atoms with Gasteiger partial charge in [-0.15, -0.1) is 0 Å². The van der Waals surface area contributed by atoms with Gasteiger partial charge in [0.15, 0.2) is 0 Å². The van der Waals surface area contributed by atoms with Crippen LogP contribution >= 0.6 is 23.5 Å². The zero-order chi connectivity index (χ0) is 16.5. The molecule has 1 aromatic rings. The van der Waals surface area contributed by atoms with E-state index in [1.54, 1.807) is 0 Å². The average Bonchev–Trinajstić information content (AvgIpc) is 2.94. The molecular formula is C12H14N4O4S2. The number of likely N-dealkylation sites (N-methyl/N-ethyl adjacent to an activating group) is 1. The van der Waals surface area contributed by atoms with Crippen LogP contribution < -0.4 is 0 Å². The molecule has 22 heavy (non-hydrogen) atoms. The molecule has 1 aromatic heterocycles. The highest BCUT2D eigenvalue weighted by atomic mass is 32.2. The van der Waals surface area contributed by atoms with Crippen molar-refractivity contribution in [2.24, 2.45) is 0 Å². The van der Waals surface area contributed by atoms with Crippen molar-refractivity contribution in [3.63, 3.8) is 0 Å². The highest BCUT2D eigenvalue weighted by Gasteiger charge is 2.17. The minimum absolute atomic E-state index is 0.432. The number of aliphatic carboxylic acids is 2. The van der Waals surface area contributed by atoms with E-state index in [1.165, 1.54) is 29.1 Å². The van der Waals surface area contributed by atoms with Crippen LogP contribution in [0.3, 0.4) is 0 Å². The molecule has 118 valence electrons. The first-order valence-corrected chi connectivity index (χ1v) is 7.83. The van der Waals surface area contributed by atoms with E-state index in [-0.39, 0.29) is 0 Å². The summed E-state index contributed by atoms with van der Waals surface area (Å²) in [5.41, 5.74) is 2.21. The lowest BCUT2D eigenvalue weighted by Gasteiger charge is -2.22. The van der Waals surface area contributed by atoms with Crippen molar-refractivity contribution in [2.45, 2.75) is 11.4 Å². The molecule has 0 saturated heterocycles. The molecule has 8 nitrogen and oxygen atoms in total. The summed E-state index contributed by atoms with van der Waals surface area (Å²) in [6.07, 6.45) is 3.29. The van der Waals surface area contributed by atoms with Crippen LogP contribution in [0.5, 0.6) is 0 Å². The van der Waals surface area contributed by atoms with Crippen molar-refractivity contribution >= 4 is 41.0 Å². The third-order valence-corrected chi connectivity index (χ3v) is 4.04. The number of carboxylic acids is 2. The van der Waals surface area contributed by atoms with Crippen LogP contribution in [0.4, 0.5) is 0 Å². The Morgan fingerprint density at radius 3 is 2.68 bits per heavy atom. The number of thioether (sulfide) groups is 1. The summed E-state index contributed by atoms with van der Waals surface area (Å²) >= 11 is 2.69. The average molecular weight is 342 g/mol. The molecule has 0 bridgehead atoms. The second-order valence-electron chi connectivity index (χ2n) is 4.23. The minimum Gasteiger partial charge on any atom is -0.473 e. The Morgan fingerprint density at radius 1 is 1.45 bits per heavy atom. The highest BCUT2D eigenvalue weighted by Crippen LogP contribution is 2.28. The fraction of sp³-hybridized carbons (Fsp3) is 0.417. The molecule has 2 N–H and O–H groups in total. The number of nitrogens with zero attached hydrogens (tertiary/aromatic N) is 4. The molecule has 0 radical (unpaired) electrons. The molecule has 0 atom stereocenters. The Bertz CT molecular complexity index is 597. The number of hydrogen-bond donors (Lipinski definition) is 2. The summed E-state index contributed by atoms with van der Waals surface area (Å²) in [6, 6.07) is 2.11. The molecule has 1 aliphatic heterocycles. The first-order valence-electron chi connectivity index (χ1n) is 6.12. The molecule has 0 saturated carbocycles. The Labute approximate surface area is 135 Å². The van der Waals surface area contributed by atoms with Gasteiger partial charge in [0, 0.05) is 13.1 Å². The first kappa shape index (κ1) is 18.1. The van der Waals surface area contributed by atoms with Crippen LogP contribution in [0.25, 0.3) is 5.57 Å². The smallest absolute Gasteiger partial charge is 0.414 e. The second-order valence-corrected chi connectivity index (χ2v) is 5.72. The van der Waals surface area contributed by atoms with Gasteiger partial charge in [-0.3, -0.25) is 0 Å². The topological polar surface area (TPSA) is 127 Å². The lowest BCUT2D eigenvalue weighted by Crippen LogP contribution is -2.25. The van der Waals surface area contributed by atoms with Crippen LogP contribution in [0.1, 0.15) is 12.1 Å². The van der Waals surface area contributed by atoms with Crippen molar-refractivity contribution in [3.8, 4) is 6.07 Å². The standard InChI is InChI=1S/C10H12N4S2.C2H2O4/c1-14-5-2-3-8(7-14)9-10(13-16-12-9)15-6-4-11;3-1(4)2(5)6/h3H,2,5-7H2,1H3;(H,3,4)(H,5,6). The Kier molecular flexibility index (Phi) is 7.51. The number of carboxylic acid groups (broad SMARTS) is 2. The van der Waals surface area contributed by atoms with E-state index >= 15 is 0 Å². The van der Waals surface area contributed by atoms with Gasteiger partial charge < -0.3 is 15.1 Å². The molecule has 0 amide bonds. The summed E-state index contributed by atoms with van der Waals surface area (Å²) in [7, 11) is 2.11. The number of nitriles is 1. The SMILES string of the molecule is CN1CCC=C(c2nsnc2SCC#N)C1.O=C(O)C(=O)O. The third kappa shape index (κ3) is 5.80. The Balaban J connectivity index is 0.000000346. The number of carbonyl (C=O) groups is 2. The lowest BCUT2D eigenvalue weighted by atomic mass is 10.1. The lowest BCUT2D eigenvalue weighted by molar-refractivity contribution is -0.159. The largest absolute Gasteiger partial charge is 0.473 e. The van der Waals surface area contributed by atoms with Crippen LogP contribution in [-0.4, -0.2) is 61.7 Å². The van der Waals surface area contributed by atoms with Crippen LogP contribution in [-0.2, 0) is 9.59 Å². The number of hydrogen-bond acceptors (Lipinski definition) is 8. The van der Waals surface area contributed by atoms with Gasteiger partial charge >= 0.3 is 11.9 Å². The Hall–Kier alpha value is -1.96. The van der Waals surface area contributed by atoms with Crippen molar-refractivity contribution in [2.75, 3.05) is 25.9 Å². The van der Waals surface area contributed by atoms with E-state index in [0.29, 0.717) is 5.75 Å². The van der Waals surface area contributed by atoms with Crippen LogP contribution in [0, 0.1) is 11.3 Å². The van der Waals surface area contributed by atoms with Crippen LogP contribution in [0.2, 0.25) is 0 Å². The van der Waals surface area contributed by atoms with E-state index in [1.807, 2.05) is 0 Å². The maximum absolute atomic E-state index is 9.10. The molecular weight excluding hydrogens is 328 g/mol. The first-order chi connectivity index (χ1) is 10.5. The van der Waals surface area contributed by atoms with Crippen molar-refractivity contribution in [1.82, 2.24) is 13.6 Å². The fourth-order valence-electron chi connectivity index (χ4n) is 1.64. The van der Waals surface area contributed by atoms with Crippen molar-refractivity contribution < 1.29 is 19.8 Å². The van der Waals surface area contributed by atoms with E-state index in [4.69, 9.17) is 25.1 Å². The number of aromatic nitrogens is 2. The molecule has 0 fully saturated rings. The van der Waals surface area contributed by atoms with E-state index in [0.717, 1.165) is 30.2 Å². The normalized spacial score (nSPS) is 14.3. The zero-order valence-electron chi connectivity index (χ0n) is 11.7. The monoisotopic (exact) mass is 342 g/mol. The molecule has 2 heterocycles. The summed E-state index contributed by atoms with van der Waals surface area (Å²) in [5, 5.41) is 24.2. The van der Waals surface area contributed by atoms with Gasteiger partial charge in [-0.25, -0.2) is 9.59 Å². The third-order valence-electron chi connectivity index (χ3n) is 2.56. The molecule has 2 rings (SSSR count). The van der Waals surface area contributed by atoms with Gasteiger partial charge in [0.2, 0.25) is 0 Å². The van der Waals surface area contributed by atoms with Gasteiger partial charge in [0.1, 0.15) is 10.7 Å². The predicted octanol–water partition coefficient (Wildman–Crippen LogP) is 1.03. The van der Waals surface area contributed by atoms with Gasteiger partial charge in [-0.2, -0.15) is 14.0 Å². The van der Waals surface area contributed by atoms with Crippen molar-refractivity contribution in [3.05, 3.63) is 11.8 Å². The molecule has 0 spiro atoms. The molecule has 10 heteroatoms. The van der Waals surface area contributed by atoms with E-state index in [9.17, 15) is 0 Å². The summed E-state index contributed by atoms with van der Waals surface area (Å²) in [5.74, 6) is -3.22. The van der Waals surface area contributed by atoms with Gasteiger partial charge in [-0.1, -0.05) is 17.8 Å². The second kappa shape index (κ2) is 9.14. The van der Waals surface area contributed by atoms with Gasteiger partial charge in [0.25, 0.3) is 0 Å². The predicted molar refractivity (Wildman–Crippen MR) is 81.6 cm³/mol.